The van der Waals surface area contributed by atoms with E-state index in [1.807, 2.05) is 21.8 Å². The van der Waals surface area contributed by atoms with Gasteiger partial charge in [-0.1, -0.05) is 0 Å². The first-order chi connectivity index (χ1) is 11.6. The van der Waals surface area contributed by atoms with Crippen molar-refractivity contribution in [2.24, 2.45) is 5.41 Å². The van der Waals surface area contributed by atoms with Crippen LogP contribution in [0.15, 0.2) is 18.5 Å². The number of carbonyl (C=O) groups excluding carboxylic acids is 2. The summed E-state index contributed by atoms with van der Waals surface area (Å²) in [7, 11) is 0. The Morgan fingerprint density at radius 3 is 2.92 bits per heavy atom. The van der Waals surface area contributed by atoms with Crippen LogP contribution in [0.5, 0.6) is 0 Å². The van der Waals surface area contributed by atoms with E-state index in [2.05, 4.69) is 5.10 Å². The number of carbonyl (C=O) groups is 2. The van der Waals surface area contributed by atoms with Crippen molar-refractivity contribution in [3.8, 4) is 0 Å². The zero-order chi connectivity index (χ0) is 17.0. The van der Waals surface area contributed by atoms with Crippen LogP contribution < -0.4 is 0 Å². The fourth-order valence-corrected chi connectivity index (χ4v) is 3.93. The molecular formula is C17H26N4O3. The van der Waals surface area contributed by atoms with Crippen LogP contribution in [-0.2, 0) is 16.1 Å². The fraction of sp³-hybridized carbons (Fsp3) is 0.706. The number of amides is 2. The minimum absolute atomic E-state index is 0.00209. The summed E-state index contributed by atoms with van der Waals surface area (Å²) in [6, 6.07) is 1.87. The van der Waals surface area contributed by atoms with E-state index < -0.39 is 5.41 Å². The number of hydrogen-bond acceptors (Lipinski definition) is 4. The number of likely N-dealkylation sites (tertiary alicyclic amines) is 2. The second-order valence-corrected chi connectivity index (χ2v) is 6.84. The quantitative estimate of drug-likeness (QED) is 0.821. The molecule has 2 saturated heterocycles. The van der Waals surface area contributed by atoms with Gasteiger partial charge in [-0.15, -0.1) is 0 Å². The molecule has 3 rings (SSSR count). The van der Waals surface area contributed by atoms with Crippen molar-refractivity contribution in [1.82, 2.24) is 19.6 Å². The highest BCUT2D eigenvalue weighted by atomic mass is 16.3. The lowest BCUT2D eigenvalue weighted by Crippen LogP contribution is -2.51. The van der Waals surface area contributed by atoms with Crippen LogP contribution in [0.2, 0.25) is 0 Å². The third-order valence-electron chi connectivity index (χ3n) is 5.24. The molecule has 0 aliphatic carbocycles. The van der Waals surface area contributed by atoms with Crippen LogP contribution in [0.1, 0.15) is 32.1 Å². The van der Waals surface area contributed by atoms with Crippen molar-refractivity contribution in [3.63, 3.8) is 0 Å². The minimum atomic E-state index is -0.412. The highest BCUT2D eigenvalue weighted by Gasteiger charge is 2.48. The number of rotatable bonds is 6. The van der Waals surface area contributed by atoms with E-state index in [9.17, 15) is 9.59 Å². The SMILES string of the molecule is O=C(CCCn1cccn1)N1CCC2(CCCN(CCO)C2=O)C1. The van der Waals surface area contributed by atoms with E-state index in [4.69, 9.17) is 5.11 Å². The summed E-state index contributed by atoms with van der Waals surface area (Å²) in [4.78, 5) is 28.8. The summed E-state index contributed by atoms with van der Waals surface area (Å²) in [5.41, 5.74) is -0.412. The molecule has 2 fully saturated rings. The van der Waals surface area contributed by atoms with E-state index in [-0.39, 0.29) is 18.4 Å². The molecule has 1 spiro atoms. The third kappa shape index (κ3) is 3.45. The van der Waals surface area contributed by atoms with E-state index in [1.165, 1.54) is 0 Å². The number of hydrogen-bond donors (Lipinski definition) is 1. The Bertz CT molecular complexity index is 572. The predicted molar refractivity (Wildman–Crippen MR) is 88.0 cm³/mol. The summed E-state index contributed by atoms with van der Waals surface area (Å²) < 4.78 is 1.83. The van der Waals surface area contributed by atoms with Gasteiger partial charge in [0.1, 0.15) is 0 Å². The molecule has 0 radical (unpaired) electrons. The van der Waals surface area contributed by atoms with Crippen molar-refractivity contribution >= 4 is 11.8 Å². The summed E-state index contributed by atoms with van der Waals surface area (Å²) in [5, 5.41) is 13.3. The summed E-state index contributed by atoms with van der Waals surface area (Å²) >= 11 is 0. The maximum absolute atomic E-state index is 12.7. The van der Waals surface area contributed by atoms with Gasteiger partial charge in [-0.25, -0.2) is 0 Å². The van der Waals surface area contributed by atoms with E-state index >= 15 is 0 Å². The van der Waals surface area contributed by atoms with Crippen LogP contribution in [0, 0.1) is 5.41 Å². The van der Waals surface area contributed by atoms with Crippen molar-refractivity contribution in [2.45, 2.75) is 38.6 Å². The lowest BCUT2D eigenvalue weighted by molar-refractivity contribution is -0.146. The van der Waals surface area contributed by atoms with Crippen LogP contribution in [0.25, 0.3) is 0 Å². The number of piperidine rings is 1. The Kier molecular flexibility index (Phi) is 5.18. The summed E-state index contributed by atoms with van der Waals surface area (Å²) in [5.74, 6) is 0.251. The number of aliphatic hydroxyl groups is 1. The van der Waals surface area contributed by atoms with Gasteiger partial charge in [0.25, 0.3) is 0 Å². The molecule has 1 aromatic heterocycles. The topological polar surface area (TPSA) is 78.7 Å². The minimum Gasteiger partial charge on any atom is -0.395 e. The first-order valence-electron chi connectivity index (χ1n) is 8.80. The molecule has 3 heterocycles. The summed E-state index contributed by atoms with van der Waals surface area (Å²) in [6.45, 7) is 3.06. The molecule has 1 aromatic rings. The number of aliphatic hydroxyl groups excluding tert-OH is 1. The van der Waals surface area contributed by atoms with Crippen LogP contribution >= 0.6 is 0 Å². The summed E-state index contributed by atoms with van der Waals surface area (Å²) in [6.07, 6.45) is 7.43. The molecule has 1 unspecified atom stereocenters. The number of aryl methyl sites for hydroxylation is 1. The van der Waals surface area contributed by atoms with Gasteiger partial charge < -0.3 is 14.9 Å². The second kappa shape index (κ2) is 7.34. The van der Waals surface area contributed by atoms with E-state index in [0.29, 0.717) is 26.1 Å². The Labute approximate surface area is 142 Å². The highest BCUT2D eigenvalue weighted by Crippen LogP contribution is 2.40. The van der Waals surface area contributed by atoms with Gasteiger partial charge in [-0.05, 0) is 31.7 Å². The van der Waals surface area contributed by atoms with Gasteiger partial charge >= 0.3 is 0 Å². The Balaban J connectivity index is 1.52. The Morgan fingerprint density at radius 1 is 1.29 bits per heavy atom. The molecule has 0 aromatic carbocycles. The molecular weight excluding hydrogens is 308 g/mol. The van der Waals surface area contributed by atoms with Gasteiger partial charge in [0.05, 0.1) is 12.0 Å². The van der Waals surface area contributed by atoms with E-state index in [0.717, 1.165) is 38.8 Å². The fourth-order valence-electron chi connectivity index (χ4n) is 3.93. The maximum atomic E-state index is 12.7. The first-order valence-corrected chi connectivity index (χ1v) is 8.80. The zero-order valence-corrected chi connectivity index (χ0v) is 14.1. The van der Waals surface area contributed by atoms with Gasteiger partial charge in [0, 0.05) is 51.5 Å². The number of aromatic nitrogens is 2. The highest BCUT2D eigenvalue weighted by molar-refractivity contribution is 5.86. The molecule has 2 aliphatic heterocycles. The van der Waals surface area contributed by atoms with Crippen LogP contribution in [-0.4, -0.2) is 69.3 Å². The molecule has 24 heavy (non-hydrogen) atoms. The second-order valence-electron chi connectivity index (χ2n) is 6.84. The smallest absolute Gasteiger partial charge is 0.230 e. The molecule has 2 aliphatic rings. The first kappa shape index (κ1) is 17.0. The molecule has 1 N–H and O–H groups in total. The maximum Gasteiger partial charge on any atom is 0.230 e. The molecule has 132 valence electrons. The van der Waals surface area contributed by atoms with Gasteiger partial charge in [0.2, 0.25) is 11.8 Å². The monoisotopic (exact) mass is 334 g/mol. The lowest BCUT2D eigenvalue weighted by Gasteiger charge is -2.39. The lowest BCUT2D eigenvalue weighted by atomic mass is 9.78. The molecule has 0 saturated carbocycles. The standard InChI is InChI=1S/C17H26N4O3/c22-13-12-19-8-2-5-17(16(19)24)6-11-20(14-17)15(23)4-1-9-21-10-3-7-18-21/h3,7,10,22H,1-2,4-6,8-9,11-14H2. The van der Waals surface area contributed by atoms with E-state index in [1.54, 1.807) is 11.1 Å². The van der Waals surface area contributed by atoms with Gasteiger partial charge in [-0.3, -0.25) is 14.3 Å². The van der Waals surface area contributed by atoms with Gasteiger partial charge in [0.15, 0.2) is 0 Å². The third-order valence-corrected chi connectivity index (χ3v) is 5.24. The molecule has 0 bridgehead atoms. The zero-order valence-electron chi connectivity index (χ0n) is 14.1. The normalized spacial score (nSPS) is 24.1. The van der Waals surface area contributed by atoms with Gasteiger partial charge in [-0.2, -0.15) is 5.10 Å². The largest absolute Gasteiger partial charge is 0.395 e. The van der Waals surface area contributed by atoms with Crippen molar-refractivity contribution in [1.29, 1.82) is 0 Å². The molecule has 7 heteroatoms. The Hall–Kier alpha value is -1.89. The average molecular weight is 334 g/mol. The van der Waals surface area contributed by atoms with Crippen molar-refractivity contribution in [3.05, 3.63) is 18.5 Å². The van der Waals surface area contributed by atoms with Crippen molar-refractivity contribution in [2.75, 3.05) is 32.8 Å². The molecule has 7 nitrogen and oxygen atoms in total. The number of nitrogens with zero attached hydrogens (tertiary/aromatic N) is 4. The van der Waals surface area contributed by atoms with Crippen LogP contribution in [0.4, 0.5) is 0 Å². The van der Waals surface area contributed by atoms with Crippen LogP contribution in [0.3, 0.4) is 0 Å². The molecule has 1 atom stereocenters. The average Bonchev–Trinajstić information content (AvgIpc) is 3.23. The number of β-amino-alcohol motifs (C(OH)–C–C–N with tert-alkyl or cyclic N) is 1. The van der Waals surface area contributed by atoms with Crippen molar-refractivity contribution < 1.29 is 14.7 Å². The molecule has 2 amide bonds. The predicted octanol–water partition coefficient (Wildman–Crippen LogP) is 0.497. The Morgan fingerprint density at radius 2 is 2.17 bits per heavy atom.